The van der Waals surface area contributed by atoms with E-state index in [1.807, 2.05) is 31.2 Å². The zero-order valence-corrected chi connectivity index (χ0v) is 12.1. The van der Waals surface area contributed by atoms with Gasteiger partial charge >= 0.3 is 0 Å². The Labute approximate surface area is 121 Å². The number of benzene rings is 1. The molecule has 0 fully saturated rings. The van der Waals surface area contributed by atoms with Gasteiger partial charge in [0.1, 0.15) is 5.84 Å². The van der Waals surface area contributed by atoms with Crippen LogP contribution < -0.4 is 16.8 Å². The predicted octanol–water partition coefficient (Wildman–Crippen LogP) is 2.26. The first-order valence-electron chi connectivity index (χ1n) is 6.66. The highest BCUT2D eigenvalue weighted by atomic mass is 14.9. The smallest absolute Gasteiger partial charge is 0.122 e. The van der Waals surface area contributed by atoms with Crippen molar-refractivity contribution >= 4 is 5.84 Å². The van der Waals surface area contributed by atoms with Crippen molar-refractivity contribution in [2.75, 3.05) is 0 Å². The highest BCUT2D eigenvalue weighted by Gasteiger charge is 2.07. The van der Waals surface area contributed by atoms with Crippen LogP contribution in [0.25, 0.3) is 0 Å². The van der Waals surface area contributed by atoms with E-state index in [9.17, 15) is 0 Å². The number of rotatable bonds is 8. The monoisotopic (exact) mass is 272 g/mol. The standard InChI is InChI=1S/C16H24N4/c1-11(2)4-9-15(17)12(3)20-10-13-5-7-14(8-6-13)16(18)19/h5-8,15,20H,1,3-4,9-10,17H2,2H3,(H3,18,19). The second kappa shape index (κ2) is 7.50. The summed E-state index contributed by atoms with van der Waals surface area (Å²) in [4.78, 5) is 0. The van der Waals surface area contributed by atoms with E-state index >= 15 is 0 Å². The number of hydrogen-bond donors (Lipinski definition) is 4. The van der Waals surface area contributed by atoms with Crippen LogP contribution in [0.15, 0.2) is 48.7 Å². The van der Waals surface area contributed by atoms with Crippen LogP contribution in [0.2, 0.25) is 0 Å². The lowest BCUT2D eigenvalue weighted by Crippen LogP contribution is -2.30. The molecule has 0 aliphatic heterocycles. The lowest BCUT2D eigenvalue weighted by atomic mass is 10.1. The van der Waals surface area contributed by atoms with Gasteiger partial charge in [0.25, 0.3) is 0 Å². The summed E-state index contributed by atoms with van der Waals surface area (Å²) in [6.07, 6.45) is 1.76. The molecule has 0 spiro atoms. The Bertz CT molecular complexity index is 488. The van der Waals surface area contributed by atoms with Gasteiger partial charge in [0, 0.05) is 23.8 Å². The van der Waals surface area contributed by atoms with Crippen molar-refractivity contribution in [3.8, 4) is 0 Å². The highest BCUT2D eigenvalue weighted by molar-refractivity contribution is 5.94. The maximum atomic E-state index is 7.34. The van der Waals surface area contributed by atoms with Crippen LogP contribution in [-0.4, -0.2) is 11.9 Å². The molecule has 4 nitrogen and oxygen atoms in total. The second-order valence-corrected chi connectivity index (χ2v) is 5.09. The molecule has 1 aromatic rings. The molecule has 0 saturated carbocycles. The van der Waals surface area contributed by atoms with Gasteiger partial charge in [-0.25, -0.2) is 0 Å². The highest BCUT2D eigenvalue weighted by Crippen LogP contribution is 2.09. The van der Waals surface area contributed by atoms with Gasteiger partial charge in [0.15, 0.2) is 0 Å². The Morgan fingerprint density at radius 1 is 1.30 bits per heavy atom. The Morgan fingerprint density at radius 2 is 1.90 bits per heavy atom. The maximum Gasteiger partial charge on any atom is 0.122 e. The van der Waals surface area contributed by atoms with Gasteiger partial charge in [-0.2, -0.15) is 0 Å². The molecule has 0 saturated heterocycles. The second-order valence-electron chi connectivity index (χ2n) is 5.09. The summed E-state index contributed by atoms with van der Waals surface area (Å²) in [5.74, 6) is 0.0794. The van der Waals surface area contributed by atoms with Gasteiger partial charge < -0.3 is 16.8 Å². The maximum absolute atomic E-state index is 7.34. The van der Waals surface area contributed by atoms with Crippen LogP contribution in [0.4, 0.5) is 0 Å². The van der Waals surface area contributed by atoms with Crippen LogP contribution in [0.3, 0.4) is 0 Å². The van der Waals surface area contributed by atoms with Crippen molar-refractivity contribution in [2.45, 2.75) is 32.4 Å². The van der Waals surface area contributed by atoms with Crippen LogP contribution in [-0.2, 0) is 6.54 Å². The molecule has 0 heterocycles. The topological polar surface area (TPSA) is 87.9 Å². The van der Waals surface area contributed by atoms with Crippen molar-refractivity contribution in [3.05, 3.63) is 59.8 Å². The van der Waals surface area contributed by atoms with Crippen molar-refractivity contribution in [3.63, 3.8) is 0 Å². The molecular weight excluding hydrogens is 248 g/mol. The summed E-state index contributed by atoms with van der Waals surface area (Å²) < 4.78 is 0. The molecule has 0 aliphatic carbocycles. The molecule has 0 radical (unpaired) electrons. The average Bonchev–Trinajstić information content (AvgIpc) is 2.42. The molecule has 1 atom stereocenters. The number of nitrogens with two attached hydrogens (primary N) is 2. The lowest BCUT2D eigenvalue weighted by Gasteiger charge is -2.17. The van der Waals surface area contributed by atoms with Gasteiger partial charge in [-0.3, -0.25) is 5.41 Å². The first-order valence-corrected chi connectivity index (χ1v) is 6.66. The Kier molecular flexibility index (Phi) is 6.00. The predicted molar refractivity (Wildman–Crippen MR) is 85.5 cm³/mol. The zero-order chi connectivity index (χ0) is 15.1. The third-order valence-corrected chi connectivity index (χ3v) is 3.11. The molecule has 1 rings (SSSR count). The summed E-state index contributed by atoms with van der Waals surface area (Å²) in [5.41, 5.74) is 15.3. The van der Waals surface area contributed by atoms with E-state index in [0.29, 0.717) is 6.54 Å². The first kappa shape index (κ1) is 16.0. The van der Waals surface area contributed by atoms with Crippen LogP contribution in [0.5, 0.6) is 0 Å². The van der Waals surface area contributed by atoms with Crippen molar-refractivity contribution in [2.24, 2.45) is 11.5 Å². The van der Waals surface area contributed by atoms with Crippen LogP contribution in [0.1, 0.15) is 30.9 Å². The molecular formula is C16H24N4. The molecule has 1 aromatic carbocycles. The molecule has 0 amide bonds. The number of allylic oxidation sites excluding steroid dienone is 1. The van der Waals surface area contributed by atoms with Gasteiger partial charge in [0.2, 0.25) is 0 Å². The molecule has 108 valence electrons. The fraction of sp³-hybridized carbons (Fsp3) is 0.312. The third kappa shape index (κ3) is 5.28. The molecule has 0 aromatic heterocycles. The molecule has 0 bridgehead atoms. The quantitative estimate of drug-likeness (QED) is 0.332. The summed E-state index contributed by atoms with van der Waals surface area (Å²) in [6, 6.07) is 7.49. The fourth-order valence-electron chi connectivity index (χ4n) is 1.72. The van der Waals surface area contributed by atoms with E-state index in [1.165, 1.54) is 0 Å². The van der Waals surface area contributed by atoms with Gasteiger partial charge in [0.05, 0.1) is 0 Å². The van der Waals surface area contributed by atoms with Gasteiger partial charge in [-0.15, -0.1) is 6.58 Å². The Morgan fingerprint density at radius 3 is 2.40 bits per heavy atom. The van der Waals surface area contributed by atoms with E-state index in [-0.39, 0.29) is 11.9 Å². The molecule has 6 N–H and O–H groups in total. The lowest BCUT2D eigenvalue weighted by molar-refractivity contribution is 0.624. The van der Waals surface area contributed by atoms with E-state index in [4.69, 9.17) is 16.9 Å². The number of nitrogen functional groups attached to an aromatic ring is 1. The Balaban J connectivity index is 2.44. The van der Waals surface area contributed by atoms with Crippen molar-refractivity contribution in [1.82, 2.24) is 5.32 Å². The van der Waals surface area contributed by atoms with E-state index in [1.54, 1.807) is 0 Å². The molecule has 4 heteroatoms. The zero-order valence-electron chi connectivity index (χ0n) is 12.1. The van der Waals surface area contributed by atoms with E-state index < -0.39 is 0 Å². The largest absolute Gasteiger partial charge is 0.384 e. The van der Waals surface area contributed by atoms with Crippen molar-refractivity contribution in [1.29, 1.82) is 5.41 Å². The minimum Gasteiger partial charge on any atom is -0.384 e. The molecule has 0 aliphatic rings. The minimum absolute atomic E-state index is 0.0665. The summed E-state index contributed by atoms with van der Waals surface area (Å²) in [5, 5.41) is 10.6. The number of amidine groups is 1. The molecule has 20 heavy (non-hydrogen) atoms. The Hall–Kier alpha value is -2.07. The first-order chi connectivity index (χ1) is 9.40. The summed E-state index contributed by atoms with van der Waals surface area (Å²) in [6.45, 7) is 10.5. The normalized spacial score (nSPS) is 11.7. The van der Waals surface area contributed by atoms with E-state index in [2.05, 4.69) is 18.5 Å². The molecule has 1 unspecified atom stereocenters. The SMILES string of the molecule is C=C(C)CCC(N)C(=C)NCc1ccc(C(=N)N)cc1. The third-order valence-electron chi connectivity index (χ3n) is 3.11. The fourth-order valence-corrected chi connectivity index (χ4v) is 1.72. The van der Waals surface area contributed by atoms with Crippen LogP contribution >= 0.6 is 0 Å². The van der Waals surface area contributed by atoms with Gasteiger partial charge in [-0.1, -0.05) is 36.4 Å². The van der Waals surface area contributed by atoms with Crippen LogP contribution in [0, 0.1) is 5.41 Å². The van der Waals surface area contributed by atoms with E-state index in [0.717, 1.165) is 35.2 Å². The average molecular weight is 272 g/mol. The minimum atomic E-state index is -0.0665. The van der Waals surface area contributed by atoms with Crippen molar-refractivity contribution < 1.29 is 0 Å². The number of hydrogen-bond acceptors (Lipinski definition) is 3. The summed E-state index contributed by atoms with van der Waals surface area (Å²) >= 11 is 0. The van der Waals surface area contributed by atoms with Gasteiger partial charge in [-0.05, 0) is 25.3 Å². The number of nitrogens with one attached hydrogen (secondary N) is 2. The summed E-state index contributed by atoms with van der Waals surface area (Å²) in [7, 11) is 0.